The Bertz CT molecular complexity index is 296. The fourth-order valence-electron chi connectivity index (χ4n) is 1.11. The van der Waals surface area contributed by atoms with Gasteiger partial charge in [0.1, 0.15) is 0 Å². The normalized spacial score (nSPS) is 12.4. The van der Waals surface area contributed by atoms with E-state index in [-0.39, 0.29) is 5.97 Å². The Morgan fingerprint density at radius 3 is 2.18 bits per heavy atom. The highest BCUT2D eigenvalue weighted by atomic mass is 16.5. The van der Waals surface area contributed by atoms with Gasteiger partial charge in [-0.25, -0.2) is 0 Å². The third kappa shape index (κ3) is 12.4. The molecule has 0 spiro atoms. The number of ether oxygens (including phenoxy) is 1. The third-order valence-electron chi connectivity index (χ3n) is 2.04. The molecule has 0 saturated carbocycles. The van der Waals surface area contributed by atoms with Gasteiger partial charge in [0, 0.05) is 6.42 Å². The predicted molar refractivity (Wildman–Crippen MR) is 72.7 cm³/mol. The zero-order valence-corrected chi connectivity index (χ0v) is 10.8. The molecule has 2 nitrogen and oxygen atoms in total. The molecule has 0 unspecified atom stereocenters. The SMILES string of the molecule is CCC=CC=CC=CC=CCCCC(=O)OC. The van der Waals surface area contributed by atoms with Crippen LogP contribution in [0.2, 0.25) is 0 Å². The molecule has 94 valence electrons. The summed E-state index contributed by atoms with van der Waals surface area (Å²) in [5.74, 6) is -0.139. The van der Waals surface area contributed by atoms with E-state index in [1.165, 1.54) is 7.11 Å². The number of hydrogen-bond acceptors (Lipinski definition) is 2. The van der Waals surface area contributed by atoms with Crippen molar-refractivity contribution < 1.29 is 9.53 Å². The molecule has 0 aliphatic carbocycles. The molecule has 0 aliphatic rings. The summed E-state index contributed by atoms with van der Waals surface area (Å²) in [7, 11) is 1.42. The molecule has 0 rings (SSSR count). The van der Waals surface area contributed by atoms with Crippen molar-refractivity contribution in [2.45, 2.75) is 32.6 Å². The van der Waals surface area contributed by atoms with E-state index in [1.54, 1.807) is 0 Å². The van der Waals surface area contributed by atoms with E-state index < -0.39 is 0 Å². The number of carbonyl (C=O) groups is 1. The van der Waals surface area contributed by atoms with Gasteiger partial charge in [-0.1, -0.05) is 55.5 Å². The minimum atomic E-state index is -0.139. The minimum absolute atomic E-state index is 0.139. The van der Waals surface area contributed by atoms with Gasteiger partial charge in [0.15, 0.2) is 0 Å². The third-order valence-corrected chi connectivity index (χ3v) is 2.04. The highest BCUT2D eigenvalue weighted by molar-refractivity contribution is 5.69. The van der Waals surface area contributed by atoms with Crippen molar-refractivity contribution >= 4 is 5.97 Å². The first-order chi connectivity index (χ1) is 8.31. The maximum absolute atomic E-state index is 10.8. The van der Waals surface area contributed by atoms with Crippen LogP contribution < -0.4 is 0 Å². The second-order valence-corrected chi connectivity index (χ2v) is 3.50. The molecule has 0 heterocycles. The van der Waals surface area contributed by atoms with Crippen molar-refractivity contribution in [2.24, 2.45) is 0 Å². The van der Waals surface area contributed by atoms with Gasteiger partial charge < -0.3 is 4.74 Å². The van der Waals surface area contributed by atoms with Gasteiger partial charge in [-0.2, -0.15) is 0 Å². The average molecular weight is 234 g/mol. The van der Waals surface area contributed by atoms with Gasteiger partial charge in [0.05, 0.1) is 7.11 Å². The number of methoxy groups -OCH3 is 1. The van der Waals surface area contributed by atoms with Crippen LogP contribution in [-0.2, 0) is 9.53 Å². The van der Waals surface area contributed by atoms with Gasteiger partial charge >= 0.3 is 5.97 Å². The number of rotatable bonds is 8. The second-order valence-electron chi connectivity index (χ2n) is 3.50. The van der Waals surface area contributed by atoms with Crippen molar-refractivity contribution in [2.75, 3.05) is 7.11 Å². The Morgan fingerprint density at radius 1 is 1.00 bits per heavy atom. The summed E-state index contributed by atoms with van der Waals surface area (Å²) in [6, 6.07) is 0. The van der Waals surface area contributed by atoms with Crippen molar-refractivity contribution in [1.82, 2.24) is 0 Å². The van der Waals surface area contributed by atoms with E-state index in [1.807, 2.05) is 36.5 Å². The topological polar surface area (TPSA) is 26.3 Å². The molecular weight excluding hydrogens is 212 g/mol. The molecule has 0 fully saturated rings. The molecule has 0 amide bonds. The zero-order chi connectivity index (χ0) is 12.8. The molecule has 17 heavy (non-hydrogen) atoms. The molecular formula is C15H22O2. The summed E-state index contributed by atoms with van der Waals surface area (Å²) in [6.45, 7) is 2.11. The highest BCUT2D eigenvalue weighted by Gasteiger charge is 1.96. The van der Waals surface area contributed by atoms with Crippen LogP contribution in [0.3, 0.4) is 0 Å². The van der Waals surface area contributed by atoms with Gasteiger partial charge in [-0.3, -0.25) is 4.79 Å². The molecule has 0 N–H and O–H groups in total. The van der Waals surface area contributed by atoms with Gasteiger partial charge in [0.25, 0.3) is 0 Å². The molecule has 0 aliphatic heterocycles. The molecule has 0 aromatic carbocycles. The van der Waals surface area contributed by atoms with E-state index in [9.17, 15) is 4.79 Å². The van der Waals surface area contributed by atoms with Crippen LogP contribution in [0.4, 0.5) is 0 Å². The quantitative estimate of drug-likeness (QED) is 0.361. The number of esters is 1. The number of unbranched alkanes of at least 4 members (excludes halogenated alkanes) is 1. The summed E-state index contributed by atoms with van der Waals surface area (Å²) in [5.41, 5.74) is 0. The maximum atomic E-state index is 10.8. The molecule has 0 saturated heterocycles. The fourth-order valence-corrected chi connectivity index (χ4v) is 1.11. The van der Waals surface area contributed by atoms with Crippen molar-refractivity contribution in [3.63, 3.8) is 0 Å². The van der Waals surface area contributed by atoms with Crippen LogP contribution in [0.1, 0.15) is 32.6 Å². The Hall–Kier alpha value is -1.57. The molecule has 0 aromatic rings. The van der Waals surface area contributed by atoms with E-state index in [0.717, 1.165) is 19.3 Å². The summed E-state index contributed by atoms with van der Waals surface area (Å²) >= 11 is 0. The largest absolute Gasteiger partial charge is 0.469 e. The zero-order valence-electron chi connectivity index (χ0n) is 10.8. The molecule has 0 aromatic heterocycles. The monoisotopic (exact) mass is 234 g/mol. The summed E-state index contributed by atoms with van der Waals surface area (Å²) in [6.07, 6.45) is 19.4. The van der Waals surface area contributed by atoms with Crippen LogP contribution in [0.25, 0.3) is 0 Å². The molecule has 0 bridgehead atoms. The van der Waals surface area contributed by atoms with E-state index in [2.05, 4.69) is 23.8 Å². The Balaban J connectivity index is 3.53. The first-order valence-corrected chi connectivity index (χ1v) is 6.03. The van der Waals surface area contributed by atoms with E-state index >= 15 is 0 Å². The lowest BCUT2D eigenvalue weighted by molar-refractivity contribution is -0.140. The number of carbonyl (C=O) groups excluding carboxylic acids is 1. The second kappa shape index (κ2) is 12.5. The Kier molecular flexibility index (Phi) is 11.3. The van der Waals surface area contributed by atoms with Gasteiger partial charge in [0.2, 0.25) is 0 Å². The summed E-state index contributed by atoms with van der Waals surface area (Å²) < 4.78 is 4.55. The lowest BCUT2D eigenvalue weighted by atomic mass is 10.2. The van der Waals surface area contributed by atoms with E-state index in [0.29, 0.717) is 6.42 Å². The summed E-state index contributed by atoms with van der Waals surface area (Å²) in [5, 5.41) is 0. The maximum Gasteiger partial charge on any atom is 0.305 e. The molecule has 0 radical (unpaired) electrons. The summed E-state index contributed by atoms with van der Waals surface area (Å²) in [4.78, 5) is 10.8. The first-order valence-electron chi connectivity index (χ1n) is 6.03. The Morgan fingerprint density at radius 2 is 1.59 bits per heavy atom. The molecule has 2 heteroatoms. The lowest BCUT2D eigenvalue weighted by Crippen LogP contribution is -1.98. The number of hydrogen-bond donors (Lipinski definition) is 0. The minimum Gasteiger partial charge on any atom is -0.469 e. The standard InChI is InChI=1S/C15H22O2/c1-3-4-5-6-7-8-9-10-11-12-13-14-15(16)17-2/h4-11H,3,12-14H2,1-2H3. The van der Waals surface area contributed by atoms with Crippen LogP contribution >= 0.6 is 0 Å². The van der Waals surface area contributed by atoms with Crippen LogP contribution in [0, 0.1) is 0 Å². The average Bonchev–Trinajstić information content (AvgIpc) is 2.35. The van der Waals surface area contributed by atoms with Crippen molar-refractivity contribution in [3.8, 4) is 0 Å². The first kappa shape index (κ1) is 15.4. The van der Waals surface area contributed by atoms with Crippen molar-refractivity contribution in [1.29, 1.82) is 0 Å². The van der Waals surface area contributed by atoms with Crippen LogP contribution in [-0.4, -0.2) is 13.1 Å². The van der Waals surface area contributed by atoms with Crippen LogP contribution in [0.5, 0.6) is 0 Å². The van der Waals surface area contributed by atoms with Crippen LogP contribution in [0.15, 0.2) is 48.6 Å². The molecule has 0 atom stereocenters. The van der Waals surface area contributed by atoms with Gasteiger partial charge in [-0.15, -0.1) is 0 Å². The highest BCUT2D eigenvalue weighted by Crippen LogP contribution is 1.98. The lowest BCUT2D eigenvalue weighted by Gasteiger charge is -1.94. The van der Waals surface area contributed by atoms with Crippen molar-refractivity contribution in [3.05, 3.63) is 48.6 Å². The predicted octanol–water partition coefficient (Wildman–Crippen LogP) is 3.96. The Labute approximate surface area is 104 Å². The smallest absolute Gasteiger partial charge is 0.305 e. The van der Waals surface area contributed by atoms with Gasteiger partial charge in [-0.05, 0) is 19.3 Å². The number of allylic oxidation sites excluding steroid dienone is 8. The van der Waals surface area contributed by atoms with E-state index in [4.69, 9.17) is 0 Å². The fraction of sp³-hybridized carbons (Fsp3) is 0.400.